The van der Waals surface area contributed by atoms with E-state index in [1.165, 1.54) is 0 Å². The molecule has 2 nitrogen and oxygen atoms in total. The van der Waals surface area contributed by atoms with Gasteiger partial charge >= 0.3 is 0 Å². The molecule has 2 aromatic rings. The number of para-hydroxylation sites is 1. The normalized spacial score (nSPS) is 9.74. The Morgan fingerprint density at radius 3 is 2.16 bits per heavy atom. The predicted molar refractivity (Wildman–Crippen MR) is 80.9 cm³/mol. The summed E-state index contributed by atoms with van der Waals surface area (Å²) in [6, 6.07) is 18.1. The van der Waals surface area contributed by atoms with Crippen molar-refractivity contribution in [3.8, 4) is 5.75 Å². The minimum atomic E-state index is 0.546. The highest BCUT2D eigenvalue weighted by Crippen LogP contribution is 2.25. The van der Waals surface area contributed by atoms with Crippen molar-refractivity contribution in [2.24, 2.45) is 0 Å². The Kier molecular flexibility index (Phi) is 4.04. The lowest BCUT2D eigenvalue weighted by Gasteiger charge is -2.19. The van der Waals surface area contributed by atoms with Crippen molar-refractivity contribution in [3.63, 3.8) is 0 Å². The first-order chi connectivity index (χ1) is 9.20. The van der Waals surface area contributed by atoms with E-state index in [4.69, 9.17) is 4.74 Å². The minimum Gasteiger partial charge on any atom is -0.458 e. The average molecular weight is 251 g/mol. The third-order valence-corrected chi connectivity index (χ3v) is 2.84. The molecule has 0 aliphatic heterocycles. The van der Waals surface area contributed by atoms with Crippen molar-refractivity contribution in [2.75, 3.05) is 11.9 Å². The molecule has 0 atom stereocenters. The van der Waals surface area contributed by atoms with Crippen LogP contribution < -0.4 is 9.64 Å². The molecular formula is C17H17NO. The average Bonchev–Trinajstić information content (AvgIpc) is 2.48. The molecule has 0 unspecified atom stereocenters. The first-order valence-electron chi connectivity index (χ1n) is 6.09. The van der Waals surface area contributed by atoms with Gasteiger partial charge in [0, 0.05) is 18.4 Å². The molecule has 0 heterocycles. The van der Waals surface area contributed by atoms with E-state index >= 15 is 0 Å². The van der Waals surface area contributed by atoms with Crippen molar-refractivity contribution >= 4 is 11.4 Å². The summed E-state index contributed by atoms with van der Waals surface area (Å²) >= 11 is 0. The third kappa shape index (κ3) is 3.26. The zero-order valence-corrected chi connectivity index (χ0v) is 11.0. The molecule has 96 valence electrons. The number of allylic oxidation sites excluding steroid dienone is 1. The summed E-state index contributed by atoms with van der Waals surface area (Å²) in [5.74, 6) is 1.30. The maximum atomic E-state index is 5.47. The maximum Gasteiger partial charge on any atom is 0.127 e. The molecule has 2 heteroatoms. The highest BCUT2D eigenvalue weighted by atomic mass is 16.5. The van der Waals surface area contributed by atoms with Gasteiger partial charge < -0.3 is 9.64 Å². The Balaban J connectivity index is 2.14. The van der Waals surface area contributed by atoms with Crippen molar-refractivity contribution in [1.82, 2.24) is 0 Å². The number of nitrogens with zero attached hydrogens (tertiary/aromatic N) is 1. The van der Waals surface area contributed by atoms with Crippen LogP contribution >= 0.6 is 0 Å². The number of benzene rings is 2. The molecule has 0 saturated heterocycles. The molecule has 2 rings (SSSR count). The van der Waals surface area contributed by atoms with Gasteiger partial charge in [-0.05, 0) is 42.5 Å². The van der Waals surface area contributed by atoms with Crippen LogP contribution in [0.15, 0.2) is 79.6 Å². The van der Waals surface area contributed by atoms with E-state index in [1.807, 2.05) is 49.5 Å². The molecule has 19 heavy (non-hydrogen) atoms. The SMILES string of the molecule is C=CC(=C)Oc1ccc(N(C)c2ccccc2)cc1. The molecule has 0 aromatic heterocycles. The van der Waals surface area contributed by atoms with Gasteiger partial charge in [-0.3, -0.25) is 0 Å². The molecule has 0 N–H and O–H groups in total. The number of rotatable bonds is 5. The Morgan fingerprint density at radius 1 is 1.00 bits per heavy atom. The van der Waals surface area contributed by atoms with E-state index < -0.39 is 0 Å². The molecule has 0 fully saturated rings. The second-order valence-corrected chi connectivity index (χ2v) is 4.16. The van der Waals surface area contributed by atoms with Gasteiger partial charge in [0.25, 0.3) is 0 Å². The Hall–Kier alpha value is -2.48. The second kappa shape index (κ2) is 5.91. The molecular weight excluding hydrogens is 234 g/mol. The van der Waals surface area contributed by atoms with Gasteiger partial charge in [-0.1, -0.05) is 31.4 Å². The Bertz CT molecular complexity index is 558. The lowest BCUT2D eigenvalue weighted by molar-refractivity contribution is 0.447. The topological polar surface area (TPSA) is 12.5 Å². The zero-order valence-electron chi connectivity index (χ0n) is 11.0. The van der Waals surface area contributed by atoms with Gasteiger partial charge in [-0.15, -0.1) is 0 Å². The van der Waals surface area contributed by atoms with Gasteiger partial charge in [-0.2, -0.15) is 0 Å². The summed E-state index contributed by atoms with van der Waals surface area (Å²) in [6.07, 6.45) is 1.59. The van der Waals surface area contributed by atoms with Crippen LogP contribution in [0.1, 0.15) is 0 Å². The fourth-order valence-electron chi connectivity index (χ4n) is 1.73. The van der Waals surface area contributed by atoms with Gasteiger partial charge in [0.05, 0.1) is 0 Å². The monoisotopic (exact) mass is 251 g/mol. The van der Waals surface area contributed by atoms with Crippen LogP contribution in [0.5, 0.6) is 5.75 Å². The molecule has 0 aliphatic rings. The fraction of sp³-hybridized carbons (Fsp3) is 0.0588. The zero-order chi connectivity index (χ0) is 13.7. The summed E-state index contributed by atoms with van der Waals surface area (Å²) in [5.41, 5.74) is 2.24. The van der Waals surface area contributed by atoms with E-state index in [1.54, 1.807) is 6.08 Å². The molecule has 0 aliphatic carbocycles. The van der Waals surface area contributed by atoms with Gasteiger partial charge in [0.2, 0.25) is 0 Å². The smallest absolute Gasteiger partial charge is 0.127 e. The van der Waals surface area contributed by atoms with E-state index in [0.717, 1.165) is 17.1 Å². The van der Waals surface area contributed by atoms with Crippen LogP contribution in [0, 0.1) is 0 Å². The molecule has 0 bridgehead atoms. The second-order valence-electron chi connectivity index (χ2n) is 4.16. The van der Waals surface area contributed by atoms with Gasteiger partial charge in [0.15, 0.2) is 0 Å². The summed E-state index contributed by atoms with van der Waals surface area (Å²) in [4.78, 5) is 2.12. The summed E-state index contributed by atoms with van der Waals surface area (Å²) in [5, 5.41) is 0. The van der Waals surface area contributed by atoms with Crippen LogP contribution in [0.3, 0.4) is 0 Å². The fourth-order valence-corrected chi connectivity index (χ4v) is 1.73. The van der Waals surface area contributed by atoms with Crippen LogP contribution in [-0.4, -0.2) is 7.05 Å². The largest absolute Gasteiger partial charge is 0.458 e. The van der Waals surface area contributed by atoms with Crippen LogP contribution in [0.2, 0.25) is 0 Å². The molecule has 0 amide bonds. The van der Waals surface area contributed by atoms with Crippen LogP contribution in [0.4, 0.5) is 11.4 Å². The van der Waals surface area contributed by atoms with Crippen molar-refractivity contribution in [2.45, 2.75) is 0 Å². The molecule has 0 radical (unpaired) electrons. The van der Waals surface area contributed by atoms with Crippen LogP contribution in [-0.2, 0) is 0 Å². The third-order valence-electron chi connectivity index (χ3n) is 2.84. The van der Waals surface area contributed by atoms with Crippen molar-refractivity contribution in [3.05, 3.63) is 79.6 Å². The summed E-state index contributed by atoms with van der Waals surface area (Å²) in [7, 11) is 2.04. The first-order valence-corrected chi connectivity index (χ1v) is 6.09. The number of ether oxygens (including phenoxy) is 1. The van der Waals surface area contributed by atoms with Crippen molar-refractivity contribution < 1.29 is 4.74 Å². The van der Waals surface area contributed by atoms with E-state index in [9.17, 15) is 0 Å². The van der Waals surface area contributed by atoms with E-state index in [-0.39, 0.29) is 0 Å². The maximum absolute atomic E-state index is 5.47. The summed E-state index contributed by atoms with van der Waals surface area (Å²) < 4.78 is 5.47. The predicted octanol–water partition coefficient (Wildman–Crippen LogP) is 4.53. The Morgan fingerprint density at radius 2 is 1.58 bits per heavy atom. The highest BCUT2D eigenvalue weighted by molar-refractivity contribution is 5.62. The summed E-state index contributed by atoms with van der Waals surface area (Å²) in [6.45, 7) is 7.33. The van der Waals surface area contributed by atoms with Gasteiger partial charge in [-0.25, -0.2) is 0 Å². The quantitative estimate of drug-likeness (QED) is 0.571. The lowest BCUT2D eigenvalue weighted by Crippen LogP contribution is -2.08. The first kappa shape index (κ1) is 13.0. The highest BCUT2D eigenvalue weighted by Gasteiger charge is 2.03. The van der Waals surface area contributed by atoms with E-state index in [2.05, 4.69) is 30.2 Å². The molecule has 2 aromatic carbocycles. The van der Waals surface area contributed by atoms with Gasteiger partial charge in [0.1, 0.15) is 11.5 Å². The van der Waals surface area contributed by atoms with Crippen molar-refractivity contribution in [1.29, 1.82) is 0 Å². The minimum absolute atomic E-state index is 0.546. The number of anilines is 2. The number of hydrogen-bond donors (Lipinski definition) is 0. The molecule has 0 saturated carbocycles. The van der Waals surface area contributed by atoms with E-state index in [0.29, 0.717) is 5.76 Å². The lowest BCUT2D eigenvalue weighted by atomic mass is 10.2. The molecule has 0 spiro atoms. The van der Waals surface area contributed by atoms with Crippen LogP contribution in [0.25, 0.3) is 0 Å². The number of hydrogen-bond acceptors (Lipinski definition) is 2. The Labute approximate surface area is 114 Å². The standard InChI is InChI=1S/C17H17NO/c1-4-14(2)19-17-12-10-16(11-13-17)18(3)15-8-6-5-7-9-15/h4-13H,1-2H2,3H3.